The summed E-state index contributed by atoms with van der Waals surface area (Å²) in [7, 11) is 0. The number of aromatic nitrogens is 1. The Balaban J connectivity index is 1.70. The molecule has 7 nitrogen and oxygen atoms in total. The van der Waals surface area contributed by atoms with Crippen LogP contribution in [0.5, 0.6) is 0 Å². The number of hydrogen-bond acceptors (Lipinski definition) is 6. The van der Waals surface area contributed by atoms with Gasteiger partial charge in [0.05, 0.1) is 24.8 Å². The number of likely N-dealkylation sites (tertiary alicyclic amines) is 1. The molecule has 2 aliphatic rings. The van der Waals surface area contributed by atoms with Crippen LogP contribution in [0.1, 0.15) is 17.2 Å². The lowest BCUT2D eigenvalue weighted by Gasteiger charge is -2.30. The average molecular weight is 393 g/mol. The summed E-state index contributed by atoms with van der Waals surface area (Å²) in [5.41, 5.74) is 1.38. The van der Waals surface area contributed by atoms with Gasteiger partial charge in [-0.25, -0.2) is 0 Å². The highest BCUT2D eigenvalue weighted by molar-refractivity contribution is 6.46. The van der Waals surface area contributed by atoms with E-state index in [0.29, 0.717) is 31.9 Å². The number of carbonyl (C=O) groups is 2. The minimum Gasteiger partial charge on any atom is -0.507 e. The van der Waals surface area contributed by atoms with Crippen molar-refractivity contribution in [3.05, 3.63) is 71.6 Å². The van der Waals surface area contributed by atoms with Crippen LogP contribution in [0.3, 0.4) is 0 Å². The molecule has 1 N–H and O–H groups in total. The van der Waals surface area contributed by atoms with Crippen LogP contribution in [0.25, 0.3) is 5.76 Å². The molecule has 2 aliphatic heterocycles. The summed E-state index contributed by atoms with van der Waals surface area (Å²) in [4.78, 5) is 33.6. The maximum atomic E-state index is 12.9. The second-order valence-electron chi connectivity index (χ2n) is 7.09. The molecule has 0 aliphatic carbocycles. The molecule has 1 amide bonds. The molecule has 2 saturated heterocycles. The minimum atomic E-state index is -0.657. The van der Waals surface area contributed by atoms with Gasteiger partial charge in [-0.2, -0.15) is 0 Å². The van der Waals surface area contributed by atoms with Gasteiger partial charge in [0.25, 0.3) is 11.7 Å². The Morgan fingerprint density at radius 2 is 1.72 bits per heavy atom. The van der Waals surface area contributed by atoms with Gasteiger partial charge in [0.1, 0.15) is 5.76 Å². The number of ketones is 1. The number of pyridine rings is 1. The van der Waals surface area contributed by atoms with Gasteiger partial charge in [0.15, 0.2) is 0 Å². The summed E-state index contributed by atoms with van der Waals surface area (Å²) in [6.07, 6.45) is 3.25. The Labute approximate surface area is 169 Å². The van der Waals surface area contributed by atoms with Gasteiger partial charge in [0.2, 0.25) is 0 Å². The van der Waals surface area contributed by atoms with E-state index in [9.17, 15) is 14.7 Å². The van der Waals surface area contributed by atoms with E-state index in [0.717, 1.165) is 18.7 Å². The summed E-state index contributed by atoms with van der Waals surface area (Å²) >= 11 is 0. The largest absolute Gasteiger partial charge is 0.507 e. The summed E-state index contributed by atoms with van der Waals surface area (Å²) in [6.45, 7) is 3.97. The van der Waals surface area contributed by atoms with E-state index in [1.54, 1.807) is 53.7 Å². The van der Waals surface area contributed by atoms with Gasteiger partial charge in [0, 0.05) is 44.1 Å². The lowest BCUT2D eigenvalue weighted by atomic mass is 9.96. The molecule has 2 aromatic rings. The molecule has 0 saturated carbocycles. The lowest BCUT2D eigenvalue weighted by Crippen LogP contribution is -2.42. The molecule has 2 fully saturated rings. The van der Waals surface area contributed by atoms with Crippen LogP contribution in [-0.2, 0) is 14.3 Å². The zero-order valence-corrected chi connectivity index (χ0v) is 16.0. The van der Waals surface area contributed by atoms with Crippen LogP contribution in [0.15, 0.2) is 60.4 Å². The van der Waals surface area contributed by atoms with E-state index < -0.39 is 17.7 Å². The van der Waals surface area contributed by atoms with Gasteiger partial charge >= 0.3 is 0 Å². The van der Waals surface area contributed by atoms with Crippen LogP contribution in [0.2, 0.25) is 0 Å². The molecule has 1 aromatic heterocycles. The maximum Gasteiger partial charge on any atom is 0.295 e. The van der Waals surface area contributed by atoms with Crippen molar-refractivity contribution in [1.29, 1.82) is 0 Å². The van der Waals surface area contributed by atoms with Crippen molar-refractivity contribution in [3.63, 3.8) is 0 Å². The normalized spacial score (nSPS) is 22.2. The van der Waals surface area contributed by atoms with Crippen molar-refractivity contribution in [2.75, 3.05) is 39.4 Å². The summed E-state index contributed by atoms with van der Waals surface area (Å²) in [5.74, 6) is -1.40. The van der Waals surface area contributed by atoms with E-state index in [1.165, 1.54) is 0 Å². The van der Waals surface area contributed by atoms with Gasteiger partial charge in [-0.3, -0.25) is 19.5 Å². The highest BCUT2D eigenvalue weighted by atomic mass is 16.5. The Hall–Kier alpha value is -3.03. The number of amides is 1. The van der Waals surface area contributed by atoms with Crippen LogP contribution in [0, 0.1) is 0 Å². The summed E-state index contributed by atoms with van der Waals surface area (Å²) in [6, 6.07) is 11.8. The van der Waals surface area contributed by atoms with E-state index in [-0.39, 0.29) is 11.3 Å². The van der Waals surface area contributed by atoms with Gasteiger partial charge < -0.3 is 14.7 Å². The molecular weight excluding hydrogens is 370 g/mol. The van der Waals surface area contributed by atoms with Crippen molar-refractivity contribution in [3.8, 4) is 0 Å². The van der Waals surface area contributed by atoms with Crippen LogP contribution in [-0.4, -0.2) is 71.0 Å². The first-order valence-electron chi connectivity index (χ1n) is 9.70. The molecular formula is C22H23N3O4. The van der Waals surface area contributed by atoms with E-state index in [4.69, 9.17) is 4.74 Å². The van der Waals surface area contributed by atoms with Gasteiger partial charge in [-0.05, 0) is 17.7 Å². The van der Waals surface area contributed by atoms with Crippen LogP contribution >= 0.6 is 0 Å². The number of aliphatic hydroxyl groups is 1. The SMILES string of the molecule is O=C1C(=O)N(CCN2CCOCC2)C(c2ccncc2)/C1=C(\O)c1ccccc1. The molecule has 1 unspecified atom stereocenters. The Bertz CT molecular complexity index is 908. The fraction of sp³-hybridized carbons (Fsp3) is 0.318. The monoisotopic (exact) mass is 393 g/mol. The molecule has 4 rings (SSSR count). The number of nitrogens with zero attached hydrogens (tertiary/aromatic N) is 3. The molecule has 0 radical (unpaired) electrons. The summed E-state index contributed by atoms with van der Waals surface area (Å²) in [5, 5.41) is 10.9. The molecule has 7 heteroatoms. The van der Waals surface area contributed by atoms with Crippen LogP contribution in [0.4, 0.5) is 0 Å². The number of hydrogen-bond donors (Lipinski definition) is 1. The highest BCUT2D eigenvalue weighted by Gasteiger charge is 2.45. The van der Waals surface area contributed by atoms with Crippen molar-refractivity contribution >= 4 is 17.4 Å². The summed E-state index contributed by atoms with van der Waals surface area (Å²) < 4.78 is 5.37. The number of rotatable bonds is 5. The standard InChI is InChI=1S/C22H23N3O4/c26-20(17-4-2-1-3-5-17)18-19(16-6-8-23-9-7-16)25(22(28)21(18)27)11-10-24-12-14-29-15-13-24/h1-9,19,26H,10-15H2/b20-18+. The molecule has 1 aromatic carbocycles. The van der Waals surface area contributed by atoms with Crippen LogP contribution < -0.4 is 0 Å². The molecule has 0 spiro atoms. The number of carbonyl (C=O) groups excluding carboxylic acids is 2. The molecule has 0 bridgehead atoms. The predicted molar refractivity (Wildman–Crippen MR) is 107 cm³/mol. The predicted octanol–water partition coefficient (Wildman–Crippen LogP) is 1.84. The molecule has 29 heavy (non-hydrogen) atoms. The van der Waals surface area contributed by atoms with Crippen molar-refractivity contribution in [1.82, 2.24) is 14.8 Å². The number of ether oxygens (including phenoxy) is 1. The molecule has 150 valence electrons. The topological polar surface area (TPSA) is 83.0 Å². The maximum absolute atomic E-state index is 12.9. The smallest absolute Gasteiger partial charge is 0.295 e. The Morgan fingerprint density at radius 3 is 2.41 bits per heavy atom. The molecule has 3 heterocycles. The fourth-order valence-electron chi connectivity index (χ4n) is 3.83. The first-order chi connectivity index (χ1) is 14.2. The Morgan fingerprint density at radius 1 is 1.03 bits per heavy atom. The van der Waals surface area contributed by atoms with Gasteiger partial charge in [-0.1, -0.05) is 30.3 Å². The average Bonchev–Trinajstić information content (AvgIpc) is 3.04. The molecule has 1 atom stereocenters. The lowest BCUT2D eigenvalue weighted by molar-refractivity contribution is -0.140. The van der Waals surface area contributed by atoms with E-state index in [1.807, 2.05) is 6.07 Å². The third kappa shape index (κ3) is 3.92. The van der Waals surface area contributed by atoms with Crippen molar-refractivity contribution < 1.29 is 19.4 Å². The van der Waals surface area contributed by atoms with Crippen molar-refractivity contribution in [2.24, 2.45) is 0 Å². The minimum absolute atomic E-state index is 0.120. The van der Waals surface area contributed by atoms with Gasteiger partial charge in [-0.15, -0.1) is 0 Å². The second-order valence-corrected chi connectivity index (χ2v) is 7.09. The zero-order chi connectivity index (χ0) is 20.2. The number of Topliss-reactive ketones (excluding diaryl/α,β-unsaturated/α-hetero) is 1. The van der Waals surface area contributed by atoms with E-state index >= 15 is 0 Å². The zero-order valence-electron chi connectivity index (χ0n) is 16.0. The number of morpholine rings is 1. The van der Waals surface area contributed by atoms with E-state index in [2.05, 4.69) is 9.88 Å². The quantitative estimate of drug-likeness (QED) is 0.474. The second kappa shape index (κ2) is 8.55. The number of benzene rings is 1. The third-order valence-electron chi connectivity index (χ3n) is 5.37. The first kappa shape index (κ1) is 19.3. The third-order valence-corrected chi connectivity index (χ3v) is 5.37. The fourth-order valence-corrected chi connectivity index (χ4v) is 3.83. The highest BCUT2D eigenvalue weighted by Crippen LogP contribution is 2.38. The first-order valence-corrected chi connectivity index (χ1v) is 9.70. The Kier molecular flexibility index (Phi) is 5.69. The van der Waals surface area contributed by atoms with Crippen molar-refractivity contribution in [2.45, 2.75) is 6.04 Å². The number of aliphatic hydroxyl groups excluding tert-OH is 1.